The molecule has 24 heavy (non-hydrogen) atoms. The van der Waals surface area contributed by atoms with Gasteiger partial charge in [0.05, 0.1) is 4.91 Å². The first kappa shape index (κ1) is 16.3. The molecule has 1 fully saturated rings. The third-order valence-corrected chi connectivity index (χ3v) is 4.46. The van der Waals surface area contributed by atoms with Gasteiger partial charge in [-0.3, -0.25) is 9.69 Å². The monoisotopic (exact) mass is 339 g/mol. The minimum Gasteiger partial charge on any atom is -0.508 e. The number of hydrogen-bond acceptors (Lipinski definition) is 5. The number of phenols is 1. The average Bonchev–Trinajstić information content (AvgIpc) is 2.82. The Kier molecular flexibility index (Phi) is 4.66. The van der Waals surface area contributed by atoms with Crippen LogP contribution in [0.25, 0.3) is 6.08 Å². The van der Waals surface area contributed by atoms with Crippen LogP contribution >= 0.6 is 11.8 Å². The number of aryl methyl sites for hydroxylation is 1. The molecule has 3 rings (SSSR count). The maximum absolute atomic E-state index is 12.6. The molecule has 0 saturated carbocycles. The highest BCUT2D eigenvalue weighted by atomic mass is 32.2. The molecule has 0 unspecified atom stereocenters. The zero-order valence-electron chi connectivity index (χ0n) is 13.4. The Balaban J connectivity index is 1.94. The van der Waals surface area contributed by atoms with Gasteiger partial charge in [-0.15, -0.1) is 0 Å². The van der Waals surface area contributed by atoms with Crippen LogP contribution < -0.4 is 0 Å². The van der Waals surface area contributed by atoms with Crippen molar-refractivity contribution in [2.24, 2.45) is 4.99 Å². The fraction of sp³-hybridized carbons (Fsp3) is 0.167. The number of thioether (sulfide) groups is 1. The fourth-order valence-electron chi connectivity index (χ4n) is 2.33. The Morgan fingerprint density at radius 3 is 2.79 bits per heavy atom. The van der Waals surface area contributed by atoms with E-state index in [-0.39, 0.29) is 11.7 Å². The number of carbonyl (C=O) groups is 1. The van der Waals surface area contributed by atoms with Crippen LogP contribution in [0, 0.1) is 6.92 Å². The van der Waals surface area contributed by atoms with Gasteiger partial charge in [0.1, 0.15) is 5.75 Å². The third-order valence-electron chi connectivity index (χ3n) is 3.46. The molecule has 0 bridgehead atoms. The maximum Gasteiger partial charge on any atom is 0.266 e. The van der Waals surface area contributed by atoms with Crippen molar-refractivity contribution >= 4 is 34.7 Å². The zero-order valence-corrected chi connectivity index (χ0v) is 14.2. The number of aromatic hydroxyl groups is 1. The van der Waals surface area contributed by atoms with E-state index in [1.165, 1.54) is 11.8 Å². The molecular formula is C18H17N3O2S. The molecule has 0 atom stereocenters. The smallest absolute Gasteiger partial charge is 0.266 e. The summed E-state index contributed by atoms with van der Waals surface area (Å²) in [5.74, 6) is 0.671. The minimum atomic E-state index is -0.0859. The SMILES string of the molecule is CCN1C(=O)/C(=C/c2cccc(O)c2)S/C1=N/c1cccc(C)n1. The van der Waals surface area contributed by atoms with Gasteiger partial charge in [0, 0.05) is 12.2 Å². The fourth-order valence-corrected chi connectivity index (χ4v) is 3.38. The van der Waals surface area contributed by atoms with Gasteiger partial charge in [-0.05, 0) is 61.5 Å². The molecule has 2 heterocycles. The van der Waals surface area contributed by atoms with Crippen molar-refractivity contribution in [3.05, 3.63) is 58.6 Å². The number of pyridine rings is 1. The molecule has 5 nitrogen and oxygen atoms in total. The lowest BCUT2D eigenvalue weighted by molar-refractivity contribution is -0.122. The van der Waals surface area contributed by atoms with Gasteiger partial charge in [-0.1, -0.05) is 18.2 Å². The van der Waals surface area contributed by atoms with Gasteiger partial charge in [0.2, 0.25) is 0 Å². The number of hydrogen-bond donors (Lipinski definition) is 1. The van der Waals surface area contributed by atoms with Crippen molar-refractivity contribution < 1.29 is 9.90 Å². The van der Waals surface area contributed by atoms with E-state index in [1.807, 2.05) is 38.1 Å². The number of benzene rings is 1. The predicted molar refractivity (Wildman–Crippen MR) is 97.1 cm³/mol. The molecule has 1 aromatic carbocycles. The summed E-state index contributed by atoms with van der Waals surface area (Å²) in [5, 5.41) is 10.2. The van der Waals surface area contributed by atoms with E-state index in [0.29, 0.717) is 22.4 Å². The Hall–Kier alpha value is -2.60. The second kappa shape index (κ2) is 6.88. The lowest BCUT2D eigenvalue weighted by Crippen LogP contribution is -2.28. The van der Waals surface area contributed by atoms with E-state index in [4.69, 9.17) is 0 Å². The largest absolute Gasteiger partial charge is 0.508 e. The van der Waals surface area contributed by atoms with E-state index in [9.17, 15) is 9.90 Å². The van der Waals surface area contributed by atoms with Crippen LogP contribution in [-0.4, -0.2) is 32.6 Å². The third kappa shape index (κ3) is 3.49. The summed E-state index contributed by atoms with van der Waals surface area (Å²) in [5.41, 5.74) is 1.65. The lowest BCUT2D eigenvalue weighted by atomic mass is 10.2. The Morgan fingerprint density at radius 1 is 1.29 bits per heavy atom. The number of amidine groups is 1. The van der Waals surface area contributed by atoms with Crippen molar-refractivity contribution in [3.8, 4) is 5.75 Å². The molecule has 1 amide bonds. The molecule has 6 heteroatoms. The van der Waals surface area contributed by atoms with Gasteiger partial charge in [0.25, 0.3) is 5.91 Å². The van der Waals surface area contributed by atoms with Crippen molar-refractivity contribution in [1.29, 1.82) is 0 Å². The summed E-state index contributed by atoms with van der Waals surface area (Å²) in [6, 6.07) is 12.4. The van der Waals surface area contributed by atoms with Crippen LogP contribution in [0.4, 0.5) is 5.82 Å². The number of rotatable bonds is 3. The first-order chi connectivity index (χ1) is 11.6. The van der Waals surface area contributed by atoms with Gasteiger partial charge in [0.15, 0.2) is 11.0 Å². The molecule has 1 aliphatic rings. The Bertz CT molecular complexity index is 846. The summed E-state index contributed by atoms with van der Waals surface area (Å²) in [6.45, 7) is 4.35. The van der Waals surface area contributed by atoms with Crippen LogP contribution in [0.5, 0.6) is 5.75 Å². The van der Waals surface area contributed by atoms with Gasteiger partial charge < -0.3 is 5.11 Å². The van der Waals surface area contributed by atoms with Gasteiger partial charge in [-0.2, -0.15) is 0 Å². The van der Waals surface area contributed by atoms with E-state index in [1.54, 1.807) is 29.2 Å². The Labute approximate surface area is 144 Å². The normalized spacial score (nSPS) is 17.9. The van der Waals surface area contributed by atoms with Crippen molar-refractivity contribution in [3.63, 3.8) is 0 Å². The number of amides is 1. The lowest BCUT2D eigenvalue weighted by Gasteiger charge is -2.11. The number of phenolic OH excluding ortho intramolecular Hbond substituents is 1. The Morgan fingerprint density at radius 2 is 2.08 bits per heavy atom. The van der Waals surface area contributed by atoms with E-state index in [0.717, 1.165) is 11.3 Å². The highest BCUT2D eigenvalue weighted by Gasteiger charge is 2.32. The number of nitrogens with zero attached hydrogens (tertiary/aromatic N) is 3. The summed E-state index contributed by atoms with van der Waals surface area (Å²) in [7, 11) is 0. The first-order valence-electron chi connectivity index (χ1n) is 7.59. The molecule has 0 radical (unpaired) electrons. The number of likely N-dealkylation sites (N-methyl/N-ethyl adjacent to an activating group) is 1. The highest BCUT2D eigenvalue weighted by Crippen LogP contribution is 2.33. The van der Waals surface area contributed by atoms with E-state index < -0.39 is 0 Å². The summed E-state index contributed by atoms with van der Waals surface area (Å²) in [6.07, 6.45) is 1.77. The second-order valence-corrected chi connectivity index (χ2v) is 6.30. The van der Waals surface area contributed by atoms with Crippen molar-refractivity contribution in [2.75, 3.05) is 6.54 Å². The number of aromatic nitrogens is 1. The minimum absolute atomic E-state index is 0.0859. The molecule has 1 aliphatic heterocycles. The zero-order chi connectivity index (χ0) is 17.1. The molecular weight excluding hydrogens is 322 g/mol. The maximum atomic E-state index is 12.6. The molecule has 1 N–H and O–H groups in total. The van der Waals surface area contributed by atoms with Crippen LogP contribution in [-0.2, 0) is 4.79 Å². The highest BCUT2D eigenvalue weighted by molar-refractivity contribution is 8.18. The second-order valence-electron chi connectivity index (χ2n) is 5.29. The average molecular weight is 339 g/mol. The molecule has 0 spiro atoms. The van der Waals surface area contributed by atoms with Gasteiger partial charge >= 0.3 is 0 Å². The number of carbonyl (C=O) groups excluding carboxylic acids is 1. The quantitative estimate of drug-likeness (QED) is 0.866. The molecule has 0 aliphatic carbocycles. The molecule has 1 aromatic heterocycles. The predicted octanol–water partition coefficient (Wildman–Crippen LogP) is 3.72. The topological polar surface area (TPSA) is 65.8 Å². The van der Waals surface area contributed by atoms with Crippen LogP contribution in [0.2, 0.25) is 0 Å². The first-order valence-corrected chi connectivity index (χ1v) is 8.41. The van der Waals surface area contributed by atoms with Crippen LogP contribution in [0.3, 0.4) is 0 Å². The summed E-state index contributed by atoms with van der Waals surface area (Å²) < 4.78 is 0. The molecule has 2 aromatic rings. The van der Waals surface area contributed by atoms with Crippen molar-refractivity contribution in [2.45, 2.75) is 13.8 Å². The molecule has 1 saturated heterocycles. The van der Waals surface area contributed by atoms with E-state index in [2.05, 4.69) is 9.98 Å². The summed E-state index contributed by atoms with van der Waals surface area (Å²) >= 11 is 1.32. The molecule has 122 valence electrons. The van der Waals surface area contributed by atoms with E-state index >= 15 is 0 Å². The number of aliphatic imine (C=N–C) groups is 1. The standard InChI is InChI=1S/C18H17N3O2S/c1-3-21-17(23)15(11-13-7-5-8-14(22)10-13)24-18(21)20-16-9-4-6-12(2)19-16/h4-11,22H,3H2,1-2H3/b15-11-,20-18+. The van der Waals surface area contributed by atoms with Crippen LogP contribution in [0.15, 0.2) is 52.4 Å². The summed E-state index contributed by atoms with van der Waals surface area (Å²) in [4.78, 5) is 23.6. The van der Waals surface area contributed by atoms with Gasteiger partial charge in [-0.25, -0.2) is 9.98 Å². The van der Waals surface area contributed by atoms with Crippen LogP contribution in [0.1, 0.15) is 18.2 Å². The van der Waals surface area contributed by atoms with Crippen molar-refractivity contribution in [1.82, 2.24) is 9.88 Å².